The van der Waals surface area contributed by atoms with Crippen LogP contribution in [-0.4, -0.2) is 28.8 Å². The van der Waals surface area contributed by atoms with Crippen LogP contribution in [0.3, 0.4) is 0 Å². The van der Waals surface area contributed by atoms with Crippen LogP contribution in [0.2, 0.25) is 0 Å². The summed E-state index contributed by atoms with van der Waals surface area (Å²) in [5, 5.41) is 10.6. The smallest absolute Gasteiger partial charge is 0.224 e. The number of nitrogens with one attached hydrogen (secondary N) is 2. The Morgan fingerprint density at radius 2 is 2.23 bits per heavy atom. The van der Waals surface area contributed by atoms with E-state index in [9.17, 15) is 4.79 Å². The molecule has 1 aliphatic heterocycles. The summed E-state index contributed by atoms with van der Waals surface area (Å²) in [5.41, 5.74) is 2.07. The highest BCUT2D eigenvalue weighted by Gasteiger charge is 2.20. The number of aromatic nitrogens is 2. The predicted octanol–water partition coefficient (Wildman–Crippen LogP) is 1.91. The van der Waals surface area contributed by atoms with Gasteiger partial charge in [0, 0.05) is 25.5 Å². The average Bonchev–Trinajstić information content (AvgIpc) is 3.08. The third-order valence-corrected chi connectivity index (χ3v) is 3.86. The second-order valence-electron chi connectivity index (χ2n) is 5.34. The van der Waals surface area contributed by atoms with Gasteiger partial charge in [-0.25, -0.2) is 4.68 Å². The molecule has 2 aromatic rings. The van der Waals surface area contributed by atoms with E-state index in [-0.39, 0.29) is 24.2 Å². The quantitative estimate of drug-likeness (QED) is 0.904. The van der Waals surface area contributed by atoms with Gasteiger partial charge in [0.05, 0.1) is 11.6 Å². The molecule has 2 heterocycles. The van der Waals surface area contributed by atoms with E-state index < -0.39 is 0 Å². The number of halogens is 1. The molecule has 1 aromatic carbocycles. The summed E-state index contributed by atoms with van der Waals surface area (Å²) in [5.74, 6) is 0.230. The van der Waals surface area contributed by atoms with Gasteiger partial charge < -0.3 is 10.6 Å². The summed E-state index contributed by atoms with van der Waals surface area (Å²) in [6, 6.07) is 9.89. The molecule has 22 heavy (non-hydrogen) atoms. The van der Waals surface area contributed by atoms with E-state index in [4.69, 9.17) is 0 Å². The number of benzene rings is 1. The normalized spacial score (nSPS) is 17.5. The lowest BCUT2D eigenvalue weighted by molar-refractivity contribution is -0.125. The minimum Gasteiger partial charge on any atom is -0.352 e. The lowest BCUT2D eigenvalue weighted by atomic mass is 9.99. The maximum absolute atomic E-state index is 12.2. The molecule has 5 nitrogen and oxygen atoms in total. The zero-order chi connectivity index (χ0) is 14.5. The minimum atomic E-state index is 0. The summed E-state index contributed by atoms with van der Waals surface area (Å²) in [7, 11) is 0. The zero-order valence-corrected chi connectivity index (χ0v) is 13.2. The summed E-state index contributed by atoms with van der Waals surface area (Å²) in [6.45, 7) is 2.34. The number of piperidine rings is 1. The van der Waals surface area contributed by atoms with Crippen molar-refractivity contribution < 1.29 is 4.79 Å². The molecule has 1 saturated heterocycles. The number of para-hydroxylation sites is 1. The van der Waals surface area contributed by atoms with Gasteiger partial charge in [0.25, 0.3) is 0 Å². The largest absolute Gasteiger partial charge is 0.352 e. The molecule has 1 unspecified atom stereocenters. The topological polar surface area (TPSA) is 59.0 Å². The van der Waals surface area contributed by atoms with E-state index >= 15 is 0 Å². The number of rotatable bonds is 4. The van der Waals surface area contributed by atoms with Crippen LogP contribution in [0.15, 0.2) is 42.7 Å². The highest BCUT2D eigenvalue weighted by Crippen LogP contribution is 2.14. The first kappa shape index (κ1) is 16.5. The van der Waals surface area contributed by atoms with Crippen LogP contribution in [-0.2, 0) is 11.3 Å². The number of hydrogen-bond donors (Lipinski definition) is 2. The molecule has 1 amide bonds. The molecule has 0 bridgehead atoms. The van der Waals surface area contributed by atoms with Crippen molar-refractivity contribution in [1.82, 2.24) is 20.4 Å². The van der Waals surface area contributed by atoms with E-state index in [1.54, 1.807) is 6.20 Å². The van der Waals surface area contributed by atoms with E-state index in [0.29, 0.717) is 6.54 Å². The molecule has 1 atom stereocenters. The standard InChI is InChI=1S/C16H20N4O.ClH/c21-16(14-6-3-8-17-11-14)18-12-13-5-1-2-7-15(13)20-10-4-9-19-20;/h1-2,4-5,7,9-10,14,17H,3,6,8,11-12H2,(H,18,21);1H. The van der Waals surface area contributed by atoms with Crippen molar-refractivity contribution in [1.29, 1.82) is 0 Å². The van der Waals surface area contributed by atoms with Crippen molar-refractivity contribution in [3.8, 4) is 5.69 Å². The number of nitrogens with zero attached hydrogens (tertiary/aromatic N) is 2. The first-order chi connectivity index (χ1) is 10.3. The number of hydrogen-bond acceptors (Lipinski definition) is 3. The highest BCUT2D eigenvalue weighted by atomic mass is 35.5. The van der Waals surface area contributed by atoms with E-state index in [2.05, 4.69) is 15.7 Å². The average molecular weight is 321 g/mol. The molecule has 0 saturated carbocycles. The lowest BCUT2D eigenvalue weighted by Gasteiger charge is -2.22. The van der Waals surface area contributed by atoms with Crippen molar-refractivity contribution in [3.05, 3.63) is 48.3 Å². The van der Waals surface area contributed by atoms with Gasteiger partial charge in [0.1, 0.15) is 0 Å². The predicted molar refractivity (Wildman–Crippen MR) is 88.3 cm³/mol. The number of amides is 1. The van der Waals surface area contributed by atoms with Gasteiger partial charge in [0.15, 0.2) is 0 Å². The lowest BCUT2D eigenvalue weighted by Crippen LogP contribution is -2.40. The summed E-state index contributed by atoms with van der Waals surface area (Å²) in [4.78, 5) is 12.2. The zero-order valence-electron chi connectivity index (χ0n) is 12.4. The second-order valence-corrected chi connectivity index (χ2v) is 5.34. The van der Waals surface area contributed by atoms with Crippen molar-refractivity contribution in [3.63, 3.8) is 0 Å². The highest BCUT2D eigenvalue weighted by molar-refractivity contribution is 5.85. The molecular formula is C16H21ClN4O. The van der Waals surface area contributed by atoms with Crippen LogP contribution in [0.25, 0.3) is 5.69 Å². The fourth-order valence-electron chi connectivity index (χ4n) is 2.70. The molecule has 118 valence electrons. The number of carbonyl (C=O) groups excluding carboxylic acids is 1. The van der Waals surface area contributed by atoms with Gasteiger partial charge in [-0.1, -0.05) is 18.2 Å². The van der Waals surface area contributed by atoms with Crippen molar-refractivity contribution >= 4 is 18.3 Å². The fraction of sp³-hybridized carbons (Fsp3) is 0.375. The van der Waals surface area contributed by atoms with Gasteiger partial charge in [-0.3, -0.25) is 4.79 Å². The molecule has 1 aromatic heterocycles. The van der Waals surface area contributed by atoms with E-state index in [0.717, 1.165) is 37.2 Å². The van der Waals surface area contributed by atoms with E-state index in [1.807, 2.05) is 41.2 Å². The SMILES string of the molecule is Cl.O=C(NCc1ccccc1-n1cccn1)C1CCCNC1. The first-order valence-corrected chi connectivity index (χ1v) is 7.41. The monoisotopic (exact) mass is 320 g/mol. The Balaban J connectivity index is 0.00000176. The summed E-state index contributed by atoms with van der Waals surface area (Å²) < 4.78 is 1.82. The van der Waals surface area contributed by atoms with Crippen LogP contribution >= 0.6 is 12.4 Å². The van der Waals surface area contributed by atoms with Crippen molar-refractivity contribution in [2.75, 3.05) is 13.1 Å². The fourth-order valence-corrected chi connectivity index (χ4v) is 2.70. The van der Waals surface area contributed by atoms with E-state index in [1.165, 1.54) is 0 Å². The molecule has 2 N–H and O–H groups in total. The minimum absolute atomic E-state index is 0. The Morgan fingerprint density at radius 1 is 1.36 bits per heavy atom. The third kappa shape index (κ3) is 3.87. The molecular weight excluding hydrogens is 300 g/mol. The second kappa shape index (κ2) is 7.96. The molecule has 1 aliphatic rings. The Kier molecular flexibility index (Phi) is 5.98. The molecule has 6 heteroatoms. The molecule has 1 fully saturated rings. The molecule has 3 rings (SSSR count). The van der Waals surface area contributed by atoms with Gasteiger partial charge in [-0.2, -0.15) is 5.10 Å². The molecule has 0 radical (unpaired) electrons. The Hall–Kier alpha value is -1.85. The van der Waals surface area contributed by atoms with Crippen LogP contribution in [0.4, 0.5) is 0 Å². The maximum atomic E-state index is 12.2. The van der Waals surface area contributed by atoms with Gasteiger partial charge in [-0.15, -0.1) is 12.4 Å². The van der Waals surface area contributed by atoms with Crippen LogP contribution in [0.1, 0.15) is 18.4 Å². The Bertz CT molecular complexity index is 594. The summed E-state index contributed by atoms with van der Waals surface area (Å²) >= 11 is 0. The third-order valence-electron chi connectivity index (χ3n) is 3.86. The van der Waals surface area contributed by atoms with Crippen molar-refractivity contribution in [2.45, 2.75) is 19.4 Å². The van der Waals surface area contributed by atoms with Crippen LogP contribution < -0.4 is 10.6 Å². The molecule has 0 spiro atoms. The van der Waals surface area contributed by atoms with Crippen LogP contribution in [0, 0.1) is 5.92 Å². The van der Waals surface area contributed by atoms with Gasteiger partial charge in [0.2, 0.25) is 5.91 Å². The van der Waals surface area contributed by atoms with Gasteiger partial charge in [-0.05, 0) is 37.1 Å². The van der Waals surface area contributed by atoms with Crippen LogP contribution in [0.5, 0.6) is 0 Å². The Morgan fingerprint density at radius 3 is 2.95 bits per heavy atom. The molecule has 0 aliphatic carbocycles. The number of carbonyl (C=O) groups is 1. The summed E-state index contributed by atoms with van der Waals surface area (Å²) in [6.07, 6.45) is 5.70. The van der Waals surface area contributed by atoms with Crippen molar-refractivity contribution in [2.24, 2.45) is 5.92 Å². The Labute approximate surface area is 136 Å². The van der Waals surface area contributed by atoms with Gasteiger partial charge >= 0.3 is 0 Å². The maximum Gasteiger partial charge on any atom is 0.224 e. The first-order valence-electron chi connectivity index (χ1n) is 7.41.